The standard InChI is InChI=1S/C20H17F3N2O.C2H2/c1-13(19(12-24)25-2)16-9-15(10-18(26)11-16)4-3-14-5-7-17(8-6-14)20(21,22)23;1-2/h3-11,25-26H,1-2H3;1-2H/b4-3+,19-13+;. The SMILES string of the molecule is C#C.CN/C(C#N)=C(\C)c1cc(O)cc(/C=C/c2ccc(C(F)(F)F)cc2)c1. The highest BCUT2D eigenvalue weighted by Crippen LogP contribution is 2.29. The number of halogens is 3. The highest BCUT2D eigenvalue weighted by Gasteiger charge is 2.29. The van der Waals surface area contributed by atoms with Crippen molar-refractivity contribution < 1.29 is 18.3 Å². The molecule has 2 rings (SSSR count). The largest absolute Gasteiger partial charge is 0.508 e. The monoisotopic (exact) mass is 384 g/mol. The van der Waals surface area contributed by atoms with Crippen LogP contribution in [-0.4, -0.2) is 12.2 Å². The maximum absolute atomic E-state index is 12.6. The molecule has 0 aliphatic rings. The lowest BCUT2D eigenvalue weighted by atomic mass is 10.0. The number of phenolic OH excluding ortho intramolecular Hbond substituents is 1. The van der Waals surface area contributed by atoms with E-state index >= 15 is 0 Å². The zero-order valence-electron chi connectivity index (χ0n) is 15.4. The Hall–Kier alpha value is -3.64. The Bertz CT molecular complexity index is 931. The van der Waals surface area contributed by atoms with Gasteiger partial charge in [-0.05, 0) is 59.5 Å². The summed E-state index contributed by atoms with van der Waals surface area (Å²) >= 11 is 0. The Morgan fingerprint density at radius 2 is 1.64 bits per heavy atom. The van der Waals surface area contributed by atoms with E-state index in [4.69, 9.17) is 5.26 Å². The second kappa shape index (κ2) is 9.89. The predicted octanol–water partition coefficient (Wildman–Crippen LogP) is 5.30. The van der Waals surface area contributed by atoms with E-state index in [-0.39, 0.29) is 5.75 Å². The van der Waals surface area contributed by atoms with Crippen molar-refractivity contribution in [2.45, 2.75) is 13.1 Å². The molecule has 0 amide bonds. The number of phenols is 1. The minimum Gasteiger partial charge on any atom is -0.508 e. The van der Waals surface area contributed by atoms with Gasteiger partial charge in [0.1, 0.15) is 17.5 Å². The Labute approximate surface area is 162 Å². The van der Waals surface area contributed by atoms with Gasteiger partial charge in [0.05, 0.1) is 5.56 Å². The number of nitrogens with one attached hydrogen (secondary N) is 1. The maximum Gasteiger partial charge on any atom is 0.416 e. The van der Waals surface area contributed by atoms with Crippen molar-refractivity contribution in [2.75, 3.05) is 7.05 Å². The molecular formula is C22H19F3N2O. The van der Waals surface area contributed by atoms with Gasteiger partial charge < -0.3 is 10.4 Å². The Morgan fingerprint density at radius 3 is 2.14 bits per heavy atom. The molecule has 0 fully saturated rings. The van der Waals surface area contributed by atoms with Crippen molar-refractivity contribution >= 4 is 17.7 Å². The van der Waals surface area contributed by atoms with E-state index in [1.165, 1.54) is 18.2 Å². The second-order valence-corrected chi connectivity index (χ2v) is 5.63. The van der Waals surface area contributed by atoms with Crippen LogP contribution in [0.15, 0.2) is 48.2 Å². The molecule has 0 aliphatic carbocycles. The molecule has 0 spiro atoms. The Morgan fingerprint density at radius 1 is 1.07 bits per heavy atom. The molecule has 0 aromatic heterocycles. The summed E-state index contributed by atoms with van der Waals surface area (Å²) in [5.74, 6) is 0.0299. The molecule has 6 heteroatoms. The average Bonchev–Trinajstić information content (AvgIpc) is 2.68. The number of nitrogens with zero attached hydrogens (tertiary/aromatic N) is 1. The summed E-state index contributed by atoms with van der Waals surface area (Å²) < 4.78 is 37.7. The van der Waals surface area contributed by atoms with E-state index in [2.05, 4.69) is 18.2 Å². The quantitative estimate of drug-likeness (QED) is 0.427. The minimum absolute atomic E-state index is 0.0299. The molecule has 0 radical (unpaired) electrons. The highest BCUT2D eigenvalue weighted by molar-refractivity contribution is 5.76. The number of rotatable bonds is 4. The van der Waals surface area contributed by atoms with Gasteiger partial charge in [-0.1, -0.05) is 24.3 Å². The molecule has 3 nitrogen and oxygen atoms in total. The third-order valence-corrected chi connectivity index (χ3v) is 3.82. The number of terminal acetylenes is 1. The summed E-state index contributed by atoms with van der Waals surface area (Å²) in [5, 5.41) is 21.8. The van der Waals surface area contributed by atoms with Crippen molar-refractivity contribution in [3.05, 3.63) is 70.4 Å². The van der Waals surface area contributed by atoms with Crippen LogP contribution in [0.2, 0.25) is 0 Å². The molecule has 0 heterocycles. The molecule has 0 saturated carbocycles. The number of alkyl halides is 3. The molecule has 28 heavy (non-hydrogen) atoms. The highest BCUT2D eigenvalue weighted by atomic mass is 19.4. The van der Waals surface area contributed by atoms with E-state index < -0.39 is 11.7 Å². The van der Waals surface area contributed by atoms with Crippen LogP contribution in [0, 0.1) is 24.2 Å². The van der Waals surface area contributed by atoms with Gasteiger partial charge in [-0.25, -0.2) is 0 Å². The van der Waals surface area contributed by atoms with Gasteiger partial charge in [0.25, 0.3) is 0 Å². The van der Waals surface area contributed by atoms with Crippen LogP contribution in [0.25, 0.3) is 17.7 Å². The third-order valence-electron chi connectivity index (χ3n) is 3.82. The van der Waals surface area contributed by atoms with Gasteiger partial charge in [0, 0.05) is 7.05 Å². The number of aromatic hydroxyl groups is 1. The number of nitriles is 1. The van der Waals surface area contributed by atoms with E-state index in [1.54, 1.807) is 38.3 Å². The fraction of sp³-hybridized carbons (Fsp3) is 0.136. The lowest BCUT2D eigenvalue weighted by molar-refractivity contribution is -0.137. The number of hydrogen-bond donors (Lipinski definition) is 2. The first-order chi connectivity index (χ1) is 13.2. The summed E-state index contributed by atoms with van der Waals surface area (Å²) in [6.07, 6.45) is 6.98. The van der Waals surface area contributed by atoms with Gasteiger partial charge in [0.2, 0.25) is 0 Å². The fourth-order valence-electron chi connectivity index (χ4n) is 2.39. The molecule has 0 saturated heterocycles. The summed E-state index contributed by atoms with van der Waals surface area (Å²) in [6, 6.07) is 11.7. The number of allylic oxidation sites excluding steroid dienone is 2. The summed E-state index contributed by atoms with van der Waals surface area (Å²) in [6.45, 7) is 1.76. The van der Waals surface area contributed by atoms with Crippen molar-refractivity contribution in [1.29, 1.82) is 5.26 Å². The first kappa shape index (κ1) is 22.4. The zero-order valence-corrected chi connectivity index (χ0v) is 15.4. The molecule has 2 aromatic rings. The topological polar surface area (TPSA) is 56.0 Å². The Kier molecular flexibility index (Phi) is 7.91. The molecule has 0 unspecified atom stereocenters. The summed E-state index contributed by atoms with van der Waals surface area (Å²) in [5.41, 5.74) is 2.29. The van der Waals surface area contributed by atoms with E-state index in [0.29, 0.717) is 28.0 Å². The van der Waals surface area contributed by atoms with E-state index in [9.17, 15) is 18.3 Å². The van der Waals surface area contributed by atoms with Gasteiger partial charge in [-0.3, -0.25) is 0 Å². The predicted molar refractivity (Wildman–Crippen MR) is 106 cm³/mol. The summed E-state index contributed by atoms with van der Waals surface area (Å²) in [7, 11) is 1.64. The zero-order chi connectivity index (χ0) is 21.3. The van der Waals surface area contributed by atoms with E-state index in [0.717, 1.165) is 12.1 Å². The maximum atomic E-state index is 12.6. The van der Waals surface area contributed by atoms with Crippen molar-refractivity contribution in [1.82, 2.24) is 5.32 Å². The van der Waals surface area contributed by atoms with E-state index in [1.807, 2.05) is 6.07 Å². The van der Waals surface area contributed by atoms with Gasteiger partial charge in [-0.15, -0.1) is 12.8 Å². The number of hydrogen-bond acceptors (Lipinski definition) is 3. The lowest BCUT2D eigenvalue weighted by Gasteiger charge is -2.08. The third kappa shape index (κ3) is 5.96. The second-order valence-electron chi connectivity index (χ2n) is 5.63. The molecule has 0 atom stereocenters. The van der Waals surface area contributed by atoms with Crippen LogP contribution in [-0.2, 0) is 6.18 Å². The first-order valence-corrected chi connectivity index (χ1v) is 8.06. The smallest absolute Gasteiger partial charge is 0.416 e. The molecule has 2 N–H and O–H groups in total. The Balaban J connectivity index is 0.00000190. The van der Waals surface area contributed by atoms with Crippen molar-refractivity contribution in [3.8, 4) is 24.7 Å². The van der Waals surface area contributed by atoms with Crippen LogP contribution in [0.5, 0.6) is 5.75 Å². The fourth-order valence-corrected chi connectivity index (χ4v) is 2.39. The first-order valence-electron chi connectivity index (χ1n) is 8.06. The van der Waals surface area contributed by atoms with Crippen molar-refractivity contribution in [3.63, 3.8) is 0 Å². The van der Waals surface area contributed by atoms with Crippen LogP contribution < -0.4 is 5.32 Å². The summed E-state index contributed by atoms with van der Waals surface area (Å²) in [4.78, 5) is 0. The van der Waals surface area contributed by atoms with Crippen LogP contribution in [0.1, 0.15) is 29.2 Å². The van der Waals surface area contributed by atoms with Gasteiger partial charge in [0.15, 0.2) is 0 Å². The molecule has 0 bridgehead atoms. The van der Waals surface area contributed by atoms with Gasteiger partial charge >= 0.3 is 6.18 Å². The lowest BCUT2D eigenvalue weighted by Crippen LogP contribution is -2.05. The minimum atomic E-state index is -4.36. The van der Waals surface area contributed by atoms with Gasteiger partial charge in [-0.2, -0.15) is 18.4 Å². The number of benzene rings is 2. The molecule has 0 aliphatic heterocycles. The molecule has 144 valence electrons. The van der Waals surface area contributed by atoms with Crippen LogP contribution >= 0.6 is 0 Å². The van der Waals surface area contributed by atoms with Crippen molar-refractivity contribution in [2.24, 2.45) is 0 Å². The molecular weight excluding hydrogens is 365 g/mol. The average molecular weight is 384 g/mol. The van der Waals surface area contributed by atoms with Crippen LogP contribution in [0.4, 0.5) is 13.2 Å². The van der Waals surface area contributed by atoms with Crippen LogP contribution in [0.3, 0.4) is 0 Å². The molecule has 2 aromatic carbocycles. The normalized spacial score (nSPS) is 11.8.